The van der Waals surface area contributed by atoms with Crippen molar-refractivity contribution < 1.29 is 9.53 Å². The summed E-state index contributed by atoms with van der Waals surface area (Å²) in [6.07, 6.45) is -0.390. The van der Waals surface area contributed by atoms with Crippen molar-refractivity contribution in [1.82, 2.24) is 15.5 Å². The van der Waals surface area contributed by atoms with Crippen molar-refractivity contribution >= 4 is 5.91 Å². The fourth-order valence-corrected chi connectivity index (χ4v) is 4.05. The first-order chi connectivity index (χ1) is 13.3. The number of rotatable bonds is 5. The van der Waals surface area contributed by atoms with E-state index < -0.39 is 6.10 Å². The maximum Gasteiger partial charge on any atom is 0.250 e. The van der Waals surface area contributed by atoms with Gasteiger partial charge in [-0.2, -0.15) is 0 Å². The second-order valence-corrected chi connectivity index (χ2v) is 7.38. The van der Waals surface area contributed by atoms with Crippen LogP contribution in [0.4, 0.5) is 0 Å². The molecule has 2 aliphatic rings. The molecule has 0 unspecified atom stereocenters. The molecule has 2 saturated heterocycles. The summed E-state index contributed by atoms with van der Waals surface area (Å²) in [4.78, 5) is 15.1. The lowest BCUT2D eigenvalue weighted by molar-refractivity contribution is -0.135. The Morgan fingerprint density at radius 1 is 1.07 bits per heavy atom. The molecule has 5 nitrogen and oxygen atoms in total. The highest BCUT2D eigenvalue weighted by Crippen LogP contribution is 2.29. The summed E-state index contributed by atoms with van der Waals surface area (Å²) in [6, 6.07) is 21.1. The summed E-state index contributed by atoms with van der Waals surface area (Å²) >= 11 is 0. The van der Waals surface area contributed by atoms with Gasteiger partial charge in [-0.15, -0.1) is 0 Å². The zero-order valence-corrected chi connectivity index (χ0v) is 15.5. The maximum absolute atomic E-state index is 12.7. The lowest BCUT2D eigenvalue weighted by atomic mass is 9.94. The highest BCUT2D eigenvalue weighted by atomic mass is 16.5. The number of likely N-dealkylation sites (tertiary alicyclic amines) is 1. The second-order valence-electron chi connectivity index (χ2n) is 7.38. The number of carbonyl (C=O) groups excluding carboxylic acids is 1. The van der Waals surface area contributed by atoms with Gasteiger partial charge in [0.1, 0.15) is 6.10 Å². The molecule has 3 atom stereocenters. The Bertz CT molecular complexity index is 732. The maximum atomic E-state index is 12.7. The summed E-state index contributed by atoms with van der Waals surface area (Å²) in [5.74, 6) is 0.283. The molecule has 2 N–H and O–H groups in total. The van der Waals surface area contributed by atoms with Crippen molar-refractivity contribution in [2.24, 2.45) is 0 Å². The van der Waals surface area contributed by atoms with E-state index >= 15 is 0 Å². The minimum atomic E-state index is -0.390. The standard InChI is InChI=1S/C22H27N3O2/c26-22(21-13-23-11-12-27-21)24-20-16-25(14-17-7-3-1-4-8-17)15-19(20)18-9-5-2-6-10-18/h1-10,19-21,23H,11-16H2,(H,24,26)/t19-,20+,21+/m0/s1. The number of carbonyl (C=O) groups is 1. The molecule has 0 aliphatic carbocycles. The Labute approximate surface area is 160 Å². The Morgan fingerprint density at radius 3 is 2.52 bits per heavy atom. The molecule has 0 bridgehead atoms. The van der Waals surface area contributed by atoms with Gasteiger partial charge in [0.2, 0.25) is 0 Å². The molecular formula is C22H27N3O2. The van der Waals surface area contributed by atoms with Gasteiger partial charge in [0, 0.05) is 44.7 Å². The third-order valence-electron chi connectivity index (χ3n) is 5.42. The van der Waals surface area contributed by atoms with E-state index in [-0.39, 0.29) is 17.9 Å². The number of amides is 1. The van der Waals surface area contributed by atoms with Crippen LogP contribution in [0.15, 0.2) is 60.7 Å². The molecule has 4 rings (SSSR count). The Kier molecular flexibility index (Phi) is 5.82. The number of benzene rings is 2. The van der Waals surface area contributed by atoms with Gasteiger partial charge < -0.3 is 15.4 Å². The molecule has 142 valence electrons. The van der Waals surface area contributed by atoms with Crippen LogP contribution in [0.2, 0.25) is 0 Å². The van der Waals surface area contributed by atoms with Gasteiger partial charge in [-0.05, 0) is 11.1 Å². The summed E-state index contributed by atoms with van der Waals surface area (Å²) in [6.45, 7) is 4.67. The van der Waals surface area contributed by atoms with Gasteiger partial charge in [0.25, 0.3) is 5.91 Å². The predicted molar refractivity (Wildman–Crippen MR) is 105 cm³/mol. The van der Waals surface area contributed by atoms with E-state index in [9.17, 15) is 4.79 Å². The van der Waals surface area contributed by atoms with Crippen LogP contribution in [0.5, 0.6) is 0 Å². The van der Waals surface area contributed by atoms with E-state index in [4.69, 9.17) is 4.74 Å². The van der Waals surface area contributed by atoms with Gasteiger partial charge in [-0.3, -0.25) is 9.69 Å². The van der Waals surface area contributed by atoms with E-state index in [1.807, 2.05) is 12.1 Å². The average molecular weight is 365 g/mol. The fraction of sp³-hybridized carbons (Fsp3) is 0.409. The summed E-state index contributed by atoms with van der Waals surface area (Å²) in [7, 11) is 0. The van der Waals surface area contributed by atoms with Crippen LogP contribution in [0, 0.1) is 0 Å². The molecule has 2 heterocycles. The normalized spacial score (nSPS) is 26.0. The Morgan fingerprint density at radius 2 is 1.81 bits per heavy atom. The van der Waals surface area contributed by atoms with Crippen molar-refractivity contribution in [3.63, 3.8) is 0 Å². The quantitative estimate of drug-likeness (QED) is 0.848. The van der Waals surface area contributed by atoms with Crippen molar-refractivity contribution in [1.29, 1.82) is 0 Å². The highest BCUT2D eigenvalue weighted by molar-refractivity contribution is 5.81. The number of morpholine rings is 1. The largest absolute Gasteiger partial charge is 0.366 e. The fourth-order valence-electron chi connectivity index (χ4n) is 4.05. The van der Waals surface area contributed by atoms with Crippen LogP contribution in [0.25, 0.3) is 0 Å². The molecule has 0 saturated carbocycles. The van der Waals surface area contributed by atoms with E-state index in [1.54, 1.807) is 0 Å². The molecule has 2 aliphatic heterocycles. The van der Waals surface area contributed by atoms with Crippen molar-refractivity contribution in [3.05, 3.63) is 71.8 Å². The van der Waals surface area contributed by atoms with Crippen molar-refractivity contribution in [2.45, 2.75) is 24.6 Å². The highest BCUT2D eigenvalue weighted by Gasteiger charge is 2.36. The molecule has 2 aromatic carbocycles. The van der Waals surface area contributed by atoms with Crippen molar-refractivity contribution in [3.8, 4) is 0 Å². The number of hydrogen-bond donors (Lipinski definition) is 2. The van der Waals surface area contributed by atoms with Gasteiger partial charge in [-0.1, -0.05) is 60.7 Å². The monoisotopic (exact) mass is 365 g/mol. The predicted octanol–water partition coefficient (Wildman–Crippen LogP) is 1.76. The van der Waals surface area contributed by atoms with Crippen molar-refractivity contribution in [2.75, 3.05) is 32.8 Å². The van der Waals surface area contributed by atoms with E-state index in [0.29, 0.717) is 13.2 Å². The molecule has 2 aromatic rings. The number of nitrogens with zero attached hydrogens (tertiary/aromatic N) is 1. The van der Waals surface area contributed by atoms with Gasteiger partial charge in [0.15, 0.2) is 0 Å². The van der Waals surface area contributed by atoms with E-state index in [2.05, 4.69) is 64.1 Å². The molecule has 1 amide bonds. The molecule has 5 heteroatoms. The Balaban J connectivity index is 1.47. The SMILES string of the molecule is O=C(N[C@@H]1CN(Cc2ccccc2)C[C@H]1c1ccccc1)[C@H]1CNCCO1. The summed E-state index contributed by atoms with van der Waals surface area (Å²) in [5.41, 5.74) is 2.58. The van der Waals surface area contributed by atoms with Crippen LogP contribution in [0.3, 0.4) is 0 Å². The first-order valence-electron chi connectivity index (χ1n) is 9.73. The average Bonchev–Trinajstić information content (AvgIpc) is 3.12. The molecule has 2 fully saturated rings. The molecule has 27 heavy (non-hydrogen) atoms. The van der Waals surface area contributed by atoms with Crippen LogP contribution in [-0.4, -0.2) is 55.7 Å². The van der Waals surface area contributed by atoms with Crippen LogP contribution in [-0.2, 0) is 16.1 Å². The lowest BCUT2D eigenvalue weighted by Crippen LogP contribution is -2.51. The number of ether oxygens (including phenoxy) is 1. The minimum absolute atomic E-state index is 0.00491. The van der Waals surface area contributed by atoms with Crippen LogP contribution < -0.4 is 10.6 Å². The minimum Gasteiger partial charge on any atom is -0.366 e. The van der Waals surface area contributed by atoms with Crippen LogP contribution in [0.1, 0.15) is 17.0 Å². The summed E-state index contributed by atoms with van der Waals surface area (Å²) < 4.78 is 5.63. The second kappa shape index (κ2) is 8.65. The van der Waals surface area contributed by atoms with E-state index in [0.717, 1.165) is 26.2 Å². The molecule has 0 spiro atoms. The third kappa shape index (κ3) is 4.56. The zero-order valence-electron chi connectivity index (χ0n) is 15.5. The first-order valence-corrected chi connectivity index (χ1v) is 9.73. The van der Waals surface area contributed by atoms with E-state index in [1.165, 1.54) is 11.1 Å². The lowest BCUT2D eigenvalue weighted by Gasteiger charge is -2.26. The van der Waals surface area contributed by atoms with Gasteiger partial charge in [-0.25, -0.2) is 0 Å². The topological polar surface area (TPSA) is 53.6 Å². The van der Waals surface area contributed by atoms with Gasteiger partial charge in [0.05, 0.1) is 6.61 Å². The van der Waals surface area contributed by atoms with Crippen LogP contribution >= 0.6 is 0 Å². The third-order valence-corrected chi connectivity index (χ3v) is 5.42. The first kappa shape index (κ1) is 18.2. The molecule has 0 radical (unpaired) electrons. The Hall–Kier alpha value is -2.21. The number of hydrogen-bond acceptors (Lipinski definition) is 4. The van der Waals surface area contributed by atoms with Gasteiger partial charge >= 0.3 is 0 Å². The number of nitrogens with one attached hydrogen (secondary N) is 2. The smallest absolute Gasteiger partial charge is 0.250 e. The molecule has 0 aromatic heterocycles. The summed E-state index contributed by atoms with van der Waals surface area (Å²) in [5, 5.41) is 6.50. The molecular weight excluding hydrogens is 338 g/mol. The zero-order chi connectivity index (χ0) is 18.5.